The Hall–Kier alpha value is -1.33. The van der Waals surface area contributed by atoms with Crippen LogP contribution >= 0.6 is 0 Å². The molecule has 1 aromatic rings. The Labute approximate surface area is 79.2 Å². The maximum absolute atomic E-state index is 8.42. The van der Waals surface area contributed by atoms with Crippen LogP contribution < -0.4 is 5.32 Å². The summed E-state index contributed by atoms with van der Waals surface area (Å²) in [6.45, 7) is 4.55. The van der Waals surface area contributed by atoms with Crippen LogP contribution in [0.2, 0.25) is 0 Å². The molecule has 0 bridgehead atoms. The monoisotopic (exact) mass is 174 g/mol. The Morgan fingerprint density at radius 1 is 1.46 bits per heavy atom. The lowest BCUT2D eigenvalue weighted by Gasteiger charge is -2.14. The van der Waals surface area contributed by atoms with Crippen LogP contribution in [0.1, 0.15) is 24.1 Å². The second-order valence-electron chi connectivity index (χ2n) is 3.12. The number of nitriles is 1. The van der Waals surface area contributed by atoms with E-state index in [0.717, 1.165) is 0 Å². The van der Waals surface area contributed by atoms with Gasteiger partial charge in [-0.15, -0.1) is 0 Å². The maximum atomic E-state index is 8.42. The summed E-state index contributed by atoms with van der Waals surface area (Å²) < 4.78 is 0. The minimum absolute atomic E-state index is 0.251. The summed E-state index contributed by atoms with van der Waals surface area (Å²) in [5.41, 5.74) is 2.53. The van der Waals surface area contributed by atoms with E-state index in [1.807, 2.05) is 12.1 Å². The molecule has 68 valence electrons. The van der Waals surface area contributed by atoms with E-state index in [1.54, 1.807) is 0 Å². The molecule has 0 aromatic heterocycles. The fourth-order valence-corrected chi connectivity index (χ4v) is 1.38. The van der Waals surface area contributed by atoms with E-state index in [9.17, 15) is 0 Å². The zero-order chi connectivity index (χ0) is 9.68. The molecule has 0 saturated carbocycles. The van der Waals surface area contributed by atoms with Gasteiger partial charge in [-0.2, -0.15) is 5.26 Å². The van der Waals surface area contributed by atoms with Crippen molar-refractivity contribution < 1.29 is 0 Å². The van der Waals surface area contributed by atoms with Crippen molar-refractivity contribution in [3.8, 4) is 6.07 Å². The third-order valence-electron chi connectivity index (χ3n) is 2.14. The standard InChI is InChI=1S/C11H14N2/c1-9-5-3-4-6-11(9)10(2)13-8-7-12/h3-6,10,13H,8H2,1-2H3. The first-order chi connectivity index (χ1) is 6.25. The maximum Gasteiger partial charge on any atom is 0.0845 e. The third kappa shape index (κ3) is 2.57. The number of hydrogen-bond acceptors (Lipinski definition) is 2. The molecular weight excluding hydrogens is 160 g/mol. The van der Waals surface area contributed by atoms with Crippen molar-refractivity contribution in [2.24, 2.45) is 0 Å². The molecule has 0 aliphatic rings. The Morgan fingerprint density at radius 2 is 2.15 bits per heavy atom. The molecule has 1 rings (SSSR count). The fourth-order valence-electron chi connectivity index (χ4n) is 1.38. The molecule has 0 amide bonds. The lowest BCUT2D eigenvalue weighted by atomic mass is 10.0. The minimum Gasteiger partial charge on any atom is -0.298 e. The van der Waals surface area contributed by atoms with Crippen molar-refractivity contribution in [1.29, 1.82) is 5.26 Å². The van der Waals surface area contributed by atoms with Gasteiger partial charge in [0, 0.05) is 6.04 Å². The van der Waals surface area contributed by atoms with E-state index < -0.39 is 0 Å². The zero-order valence-corrected chi connectivity index (χ0v) is 8.04. The Morgan fingerprint density at radius 3 is 2.77 bits per heavy atom. The van der Waals surface area contributed by atoms with Crippen molar-refractivity contribution in [3.05, 3.63) is 35.4 Å². The van der Waals surface area contributed by atoms with E-state index in [4.69, 9.17) is 5.26 Å². The number of hydrogen-bond donors (Lipinski definition) is 1. The van der Waals surface area contributed by atoms with Gasteiger partial charge < -0.3 is 0 Å². The van der Waals surface area contributed by atoms with Gasteiger partial charge in [0.05, 0.1) is 12.6 Å². The number of nitrogens with one attached hydrogen (secondary N) is 1. The summed E-state index contributed by atoms with van der Waals surface area (Å²) in [6, 6.07) is 10.5. The van der Waals surface area contributed by atoms with Crippen LogP contribution in [-0.2, 0) is 0 Å². The van der Waals surface area contributed by atoms with Crippen LogP contribution in [0, 0.1) is 18.3 Å². The molecular formula is C11H14N2. The average Bonchev–Trinajstić information content (AvgIpc) is 2.15. The van der Waals surface area contributed by atoms with Crippen LogP contribution in [0.3, 0.4) is 0 Å². The van der Waals surface area contributed by atoms with Crippen molar-refractivity contribution in [3.63, 3.8) is 0 Å². The first-order valence-electron chi connectivity index (χ1n) is 4.41. The smallest absolute Gasteiger partial charge is 0.0845 e. The van der Waals surface area contributed by atoms with Crippen LogP contribution in [-0.4, -0.2) is 6.54 Å². The van der Waals surface area contributed by atoms with E-state index in [2.05, 4.69) is 37.4 Å². The average molecular weight is 174 g/mol. The number of benzene rings is 1. The molecule has 0 fully saturated rings. The molecule has 1 aromatic carbocycles. The molecule has 13 heavy (non-hydrogen) atoms. The summed E-state index contributed by atoms with van der Waals surface area (Å²) in [7, 11) is 0. The van der Waals surface area contributed by atoms with Gasteiger partial charge >= 0.3 is 0 Å². The lowest BCUT2D eigenvalue weighted by Crippen LogP contribution is -2.19. The molecule has 2 nitrogen and oxygen atoms in total. The first kappa shape index (κ1) is 9.76. The fraction of sp³-hybridized carbons (Fsp3) is 0.364. The first-order valence-corrected chi connectivity index (χ1v) is 4.41. The van der Waals surface area contributed by atoms with Gasteiger partial charge in [0.1, 0.15) is 0 Å². The second kappa shape index (κ2) is 4.64. The van der Waals surface area contributed by atoms with Crippen molar-refractivity contribution in [2.45, 2.75) is 19.9 Å². The SMILES string of the molecule is Cc1ccccc1C(C)NCC#N. The molecule has 0 saturated heterocycles. The van der Waals surface area contributed by atoms with Crippen molar-refractivity contribution in [1.82, 2.24) is 5.32 Å². The van der Waals surface area contributed by atoms with E-state index >= 15 is 0 Å². The van der Waals surface area contributed by atoms with Gasteiger partial charge in [-0.1, -0.05) is 24.3 Å². The lowest BCUT2D eigenvalue weighted by molar-refractivity contribution is 0.618. The van der Waals surface area contributed by atoms with Crippen LogP contribution in [0.25, 0.3) is 0 Å². The molecule has 1 unspecified atom stereocenters. The highest BCUT2D eigenvalue weighted by atomic mass is 14.9. The van der Waals surface area contributed by atoms with Gasteiger partial charge in [-0.05, 0) is 25.0 Å². The van der Waals surface area contributed by atoms with E-state index in [0.29, 0.717) is 6.54 Å². The molecule has 0 spiro atoms. The Balaban J connectivity index is 2.72. The van der Waals surface area contributed by atoms with E-state index in [-0.39, 0.29) is 6.04 Å². The summed E-state index contributed by atoms with van der Waals surface area (Å²) in [5, 5.41) is 11.5. The summed E-state index contributed by atoms with van der Waals surface area (Å²) in [6.07, 6.45) is 0. The summed E-state index contributed by atoms with van der Waals surface area (Å²) in [4.78, 5) is 0. The van der Waals surface area contributed by atoms with Crippen LogP contribution in [0.15, 0.2) is 24.3 Å². The zero-order valence-electron chi connectivity index (χ0n) is 8.04. The highest BCUT2D eigenvalue weighted by Gasteiger charge is 2.05. The second-order valence-corrected chi connectivity index (χ2v) is 3.12. The molecule has 1 atom stereocenters. The van der Waals surface area contributed by atoms with Gasteiger partial charge in [0.15, 0.2) is 0 Å². The van der Waals surface area contributed by atoms with Gasteiger partial charge in [-0.25, -0.2) is 0 Å². The van der Waals surface area contributed by atoms with Gasteiger partial charge in [0.25, 0.3) is 0 Å². The summed E-state index contributed by atoms with van der Waals surface area (Å²) >= 11 is 0. The van der Waals surface area contributed by atoms with Crippen molar-refractivity contribution >= 4 is 0 Å². The third-order valence-corrected chi connectivity index (χ3v) is 2.14. The van der Waals surface area contributed by atoms with Gasteiger partial charge in [-0.3, -0.25) is 5.32 Å². The minimum atomic E-state index is 0.251. The normalized spacial score (nSPS) is 12.1. The molecule has 0 heterocycles. The van der Waals surface area contributed by atoms with Crippen molar-refractivity contribution in [2.75, 3.05) is 6.54 Å². The molecule has 0 aliphatic heterocycles. The molecule has 1 N–H and O–H groups in total. The molecule has 0 aliphatic carbocycles. The topological polar surface area (TPSA) is 35.8 Å². The predicted molar refractivity (Wildman–Crippen MR) is 53.2 cm³/mol. The molecule has 0 radical (unpaired) electrons. The number of aryl methyl sites for hydroxylation is 1. The quantitative estimate of drug-likeness (QED) is 0.713. The van der Waals surface area contributed by atoms with Crippen LogP contribution in [0.5, 0.6) is 0 Å². The summed E-state index contributed by atoms with van der Waals surface area (Å²) in [5.74, 6) is 0. The molecule has 2 heteroatoms. The highest BCUT2D eigenvalue weighted by molar-refractivity contribution is 5.28. The van der Waals surface area contributed by atoms with Crippen LogP contribution in [0.4, 0.5) is 0 Å². The largest absolute Gasteiger partial charge is 0.298 e. The predicted octanol–water partition coefficient (Wildman–Crippen LogP) is 2.17. The number of nitrogens with zero attached hydrogens (tertiary/aromatic N) is 1. The highest BCUT2D eigenvalue weighted by Crippen LogP contribution is 2.15. The Kier molecular flexibility index (Phi) is 3.48. The van der Waals surface area contributed by atoms with Gasteiger partial charge in [0.2, 0.25) is 0 Å². The van der Waals surface area contributed by atoms with E-state index in [1.165, 1.54) is 11.1 Å². The number of rotatable bonds is 3. The Bertz CT molecular complexity index is 312.